The number of hydrogen-bond acceptors (Lipinski definition) is 7. The number of hydrogen-bond donors (Lipinski definition) is 0. The zero-order valence-corrected chi connectivity index (χ0v) is 18.8. The summed E-state index contributed by atoms with van der Waals surface area (Å²) in [6.07, 6.45) is 7.76. The van der Waals surface area contributed by atoms with Crippen LogP contribution in [-0.2, 0) is 0 Å². The number of amides is 1. The highest BCUT2D eigenvalue weighted by molar-refractivity contribution is 5.94. The predicted octanol–water partition coefficient (Wildman–Crippen LogP) is 5.01. The van der Waals surface area contributed by atoms with Gasteiger partial charge in [0, 0.05) is 55.4 Å². The maximum Gasteiger partial charge on any atom is 0.321 e. The molecule has 35 heavy (non-hydrogen) atoms. The van der Waals surface area contributed by atoms with Gasteiger partial charge >= 0.3 is 6.01 Å². The lowest BCUT2D eigenvalue weighted by Gasteiger charge is -2.32. The van der Waals surface area contributed by atoms with Crippen LogP contribution in [-0.4, -0.2) is 43.8 Å². The standard InChI is InChI=1S/C26H22FN5O3/c27-20-5-2-7-22(17-20)34-24-23(28-12-13-29-24)18-8-14-32(15-9-18)25(33)19-4-1-6-21(16-19)35-26-30-10-3-11-31-26/h1-7,10-13,16-18H,8-9,14-15H2. The summed E-state index contributed by atoms with van der Waals surface area (Å²) >= 11 is 0. The number of benzene rings is 2. The van der Waals surface area contributed by atoms with Crippen molar-refractivity contribution in [2.24, 2.45) is 0 Å². The van der Waals surface area contributed by atoms with E-state index in [2.05, 4.69) is 19.9 Å². The third-order valence-corrected chi connectivity index (χ3v) is 5.70. The number of rotatable bonds is 6. The van der Waals surface area contributed by atoms with E-state index in [1.807, 2.05) is 4.90 Å². The zero-order chi connectivity index (χ0) is 24.0. The van der Waals surface area contributed by atoms with Gasteiger partial charge in [-0.25, -0.2) is 19.3 Å². The molecule has 0 atom stereocenters. The molecule has 0 radical (unpaired) electrons. The number of aromatic nitrogens is 4. The molecule has 0 unspecified atom stereocenters. The second kappa shape index (κ2) is 10.3. The summed E-state index contributed by atoms with van der Waals surface area (Å²) in [4.78, 5) is 31.8. The van der Waals surface area contributed by atoms with Gasteiger partial charge < -0.3 is 14.4 Å². The van der Waals surface area contributed by atoms with Gasteiger partial charge in [-0.1, -0.05) is 12.1 Å². The van der Waals surface area contributed by atoms with Crippen LogP contribution in [0.3, 0.4) is 0 Å². The number of ether oxygens (including phenoxy) is 2. The van der Waals surface area contributed by atoms with Crippen LogP contribution in [0, 0.1) is 5.82 Å². The van der Waals surface area contributed by atoms with E-state index >= 15 is 0 Å². The fourth-order valence-corrected chi connectivity index (χ4v) is 4.01. The Labute approximate surface area is 201 Å². The third-order valence-electron chi connectivity index (χ3n) is 5.70. The molecular weight excluding hydrogens is 449 g/mol. The average Bonchev–Trinajstić information content (AvgIpc) is 2.90. The van der Waals surface area contributed by atoms with Crippen molar-refractivity contribution >= 4 is 5.91 Å². The molecule has 1 aliphatic heterocycles. The zero-order valence-electron chi connectivity index (χ0n) is 18.8. The van der Waals surface area contributed by atoms with Crippen molar-refractivity contribution in [1.29, 1.82) is 0 Å². The normalized spacial score (nSPS) is 13.9. The summed E-state index contributed by atoms with van der Waals surface area (Å²) in [5.74, 6) is 0.832. The van der Waals surface area contributed by atoms with Crippen molar-refractivity contribution < 1.29 is 18.7 Å². The lowest BCUT2D eigenvalue weighted by molar-refractivity contribution is 0.0711. The van der Waals surface area contributed by atoms with Crippen molar-refractivity contribution in [3.63, 3.8) is 0 Å². The van der Waals surface area contributed by atoms with Gasteiger partial charge in [0.1, 0.15) is 23.0 Å². The van der Waals surface area contributed by atoms with Crippen molar-refractivity contribution in [2.75, 3.05) is 13.1 Å². The molecule has 1 saturated heterocycles. The van der Waals surface area contributed by atoms with Crippen LogP contribution in [0.5, 0.6) is 23.4 Å². The van der Waals surface area contributed by atoms with Gasteiger partial charge in [0.05, 0.1) is 0 Å². The van der Waals surface area contributed by atoms with E-state index in [0.717, 1.165) is 0 Å². The molecule has 0 spiro atoms. The van der Waals surface area contributed by atoms with Crippen LogP contribution in [0.2, 0.25) is 0 Å². The number of piperidine rings is 1. The number of halogens is 1. The highest BCUT2D eigenvalue weighted by atomic mass is 19.1. The summed E-state index contributed by atoms with van der Waals surface area (Å²) in [6.45, 7) is 1.12. The molecule has 1 amide bonds. The van der Waals surface area contributed by atoms with E-state index in [1.165, 1.54) is 12.1 Å². The van der Waals surface area contributed by atoms with Gasteiger partial charge in [0.15, 0.2) is 0 Å². The van der Waals surface area contributed by atoms with Crippen LogP contribution < -0.4 is 9.47 Å². The van der Waals surface area contributed by atoms with Gasteiger partial charge in [0.2, 0.25) is 5.88 Å². The molecule has 0 saturated carbocycles. The molecule has 0 N–H and O–H groups in total. The van der Waals surface area contributed by atoms with Gasteiger partial charge in [0.25, 0.3) is 5.91 Å². The Morgan fingerprint density at radius 1 is 0.829 bits per heavy atom. The first-order valence-corrected chi connectivity index (χ1v) is 11.2. The lowest BCUT2D eigenvalue weighted by atomic mass is 9.93. The van der Waals surface area contributed by atoms with E-state index in [9.17, 15) is 9.18 Å². The molecule has 0 bridgehead atoms. The number of likely N-dealkylation sites (tertiary alicyclic amines) is 1. The third kappa shape index (κ3) is 5.40. The Balaban J connectivity index is 1.24. The number of nitrogens with zero attached hydrogens (tertiary/aromatic N) is 5. The van der Waals surface area contributed by atoms with Crippen LogP contribution in [0.25, 0.3) is 0 Å². The van der Waals surface area contributed by atoms with Gasteiger partial charge in [-0.05, 0) is 49.2 Å². The van der Waals surface area contributed by atoms with E-state index in [0.29, 0.717) is 54.6 Å². The Morgan fingerprint density at radius 3 is 2.31 bits per heavy atom. The molecule has 2 aromatic carbocycles. The predicted molar refractivity (Wildman–Crippen MR) is 125 cm³/mol. The minimum absolute atomic E-state index is 0.0706. The number of carbonyl (C=O) groups excluding carboxylic acids is 1. The second-order valence-electron chi connectivity index (χ2n) is 8.03. The molecule has 3 heterocycles. The molecule has 4 aromatic rings. The van der Waals surface area contributed by atoms with Crippen molar-refractivity contribution in [3.05, 3.63) is 96.5 Å². The minimum atomic E-state index is -0.384. The van der Waals surface area contributed by atoms with Crippen molar-refractivity contribution in [3.8, 4) is 23.4 Å². The topological polar surface area (TPSA) is 90.3 Å². The maximum atomic E-state index is 13.6. The molecular formula is C26H22FN5O3. The molecule has 1 aliphatic rings. The maximum absolute atomic E-state index is 13.6. The van der Waals surface area contributed by atoms with Crippen LogP contribution in [0.4, 0.5) is 4.39 Å². The summed E-state index contributed by atoms with van der Waals surface area (Å²) in [5.41, 5.74) is 1.24. The first-order valence-electron chi connectivity index (χ1n) is 11.2. The SMILES string of the molecule is O=C(c1cccc(Oc2ncccn2)c1)N1CCC(c2nccnc2Oc2cccc(F)c2)CC1. The highest BCUT2D eigenvalue weighted by Crippen LogP contribution is 2.34. The largest absolute Gasteiger partial charge is 0.437 e. The molecule has 9 heteroatoms. The average molecular weight is 471 g/mol. The fourth-order valence-electron chi connectivity index (χ4n) is 4.01. The van der Waals surface area contributed by atoms with Crippen LogP contribution in [0.15, 0.2) is 79.4 Å². The highest BCUT2D eigenvalue weighted by Gasteiger charge is 2.28. The number of carbonyl (C=O) groups is 1. The molecule has 1 fully saturated rings. The first kappa shape index (κ1) is 22.4. The van der Waals surface area contributed by atoms with E-state index in [1.54, 1.807) is 67.3 Å². The Morgan fingerprint density at radius 2 is 1.54 bits per heavy atom. The van der Waals surface area contributed by atoms with E-state index in [4.69, 9.17) is 9.47 Å². The Kier molecular flexibility index (Phi) is 6.56. The van der Waals surface area contributed by atoms with Crippen molar-refractivity contribution in [1.82, 2.24) is 24.8 Å². The smallest absolute Gasteiger partial charge is 0.321 e. The monoisotopic (exact) mass is 471 g/mol. The summed E-state index contributed by atoms with van der Waals surface area (Å²) in [5, 5.41) is 0. The van der Waals surface area contributed by atoms with Gasteiger partial charge in [-0.15, -0.1) is 0 Å². The Bertz CT molecular complexity index is 1310. The van der Waals surface area contributed by atoms with Gasteiger partial charge in [-0.3, -0.25) is 9.78 Å². The summed E-state index contributed by atoms with van der Waals surface area (Å²) < 4.78 is 25.0. The van der Waals surface area contributed by atoms with Gasteiger partial charge in [-0.2, -0.15) is 0 Å². The second-order valence-corrected chi connectivity index (χ2v) is 8.03. The van der Waals surface area contributed by atoms with E-state index < -0.39 is 0 Å². The fraction of sp³-hybridized carbons (Fsp3) is 0.192. The van der Waals surface area contributed by atoms with Crippen LogP contribution in [0.1, 0.15) is 34.8 Å². The summed E-state index contributed by atoms with van der Waals surface area (Å²) in [7, 11) is 0. The molecule has 176 valence electrons. The minimum Gasteiger partial charge on any atom is -0.437 e. The molecule has 8 nitrogen and oxygen atoms in total. The lowest BCUT2D eigenvalue weighted by Crippen LogP contribution is -2.38. The van der Waals surface area contributed by atoms with E-state index in [-0.39, 0.29) is 23.7 Å². The molecule has 0 aliphatic carbocycles. The first-order chi connectivity index (χ1) is 17.2. The van der Waals surface area contributed by atoms with Crippen LogP contribution >= 0.6 is 0 Å². The Hall–Kier alpha value is -4.40. The summed E-state index contributed by atoms with van der Waals surface area (Å²) in [6, 6.07) is 14.8. The molecule has 2 aromatic heterocycles. The quantitative estimate of drug-likeness (QED) is 0.390. The molecule has 5 rings (SSSR count). The van der Waals surface area contributed by atoms with Crippen molar-refractivity contribution in [2.45, 2.75) is 18.8 Å².